The summed E-state index contributed by atoms with van der Waals surface area (Å²) in [4.78, 5) is 17.1. The number of hydrogen-bond donors (Lipinski definition) is 1. The second-order valence-electron chi connectivity index (χ2n) is 7.16. The smallest absolute Gasteiger partial charge is 0.225 e. The molecular weight excluding hydrogens is 382 g/mol. The number of nitrogens with zero attached hydrogens (tertiary/aromatic N) is 2. The van der Waals surface area contributed by atoms with E-state index in [2.05, 4.69) is 10.2 Å². The van der Waals surface area contributed by atoms with Gasteiger partial charge in [-0.05, 0) is 43.6 Å². The number of carbonyl (C=O) groups is 1. The Kier molecular flexibility index (Phi) is 8.66. The van der Waals surface area contributed by atoms with E-state index in [0.717, 1.165) is 64.2 Å². The number of hydrogen-bond acceptors (Lipinski definition) is 6. The fourth-order valence-corrected chi connectivity index (χ4v) is 3.94. The molecule has 0 aromatic heterocycles. The van der Waals surface area contributed by atoms with Crippen LogP contribution in [0.15, 0.2) is 12.1 Å². The van der Waals surface area contributed by atoms with E-state index in [4.69, 9.17) is 14.2 Å². The van der Waals surface area contributed by atoms with E-state index in [1.54, 1.807) is 21.3 Å². The predicted octanol–water partition coefficient (Wildman–Crippen LogP) is 1.78. The third kappa shape index (κ3) is 5.21. The first kappa shape index (κ1) is 22.6. The molecule has 28 heavy (non-hydrogen) atoms. The molecule has 1 aromatic rings. The Labute approximate surface area is 173 Å². The van der Waals surface area contributed by atoms with Crippen LogP contribution in [-0.2, 0) is 11.3 Å². The van der Waals surface area contributed by atoms with Crippen LogP contribution in [-0.4, -0.2) is 76.3 Å². The molecule has 2 heterocycles. The van der Waals surface area contributed by atoms with Gasteiger partial charge in [-0.15, -0.1) is 12.4 Å². The van der Waals surface area contributed by atoms with Crippen molar-refractivity contribution in [2.24, 2.45) is 5.92 Å². The number of piperidine rings is 1. The van der Waals surface area contributed by atoms with Crippen molar-refractivity contribution in [2.45, 2.75) is 19.4 Å². The molecule has 2 fully saturated rings. The summed E-state index contributed by atoms with van der Waals surface area (Å²) in [7, 11) is 4.87. The molecule has 8 heteroatoms. The van der Waals surface area contributed by atoms with E-state index in [1.165, 1.54) is 0 Å². The molecule has 0 aliphatic carbocycles. The van der Waals surface area contributed by atoms with Crippen molar-refractivity contribution in [1.29, 1.82) is 0 Å². The number of rotatable bonds is 6. The van der Waals surface area contributed by atoms with E-state index in [-0.39, 0.29) is 18.3 Å². The van der Waals surface area contributed by atoms with E-state index >= 15 is 0 Å². The normalized spacial score (nSPS) is 18.3. The molecule has 0 unspecified atom stereocenters. The number of piperazine rings is 1. The van der Waals surface area contributed by atoms with Crippen molar-refractivity contribution in [3.8, 4) is 17.2 Å². The van der Waals surface area contributed by atoms with E-state index < -0.39 is 0 Å². The monoisotopic (exact) mass is 413 g/mol. The second-order valence-corrected chi connectivity index (χ2v) is 7.16. The van der Waals surface area contributed by atoms with Gasteiger partial charge in [0.1, 0.15) is 0 Å². The number of nitrogens with one attached hydrogen (secondary N) is 1. The summed E-state index contributed by atoms with van der Waals surface area (Å²) in [6.45, 7) is 6.07. The van der Waals surface area contributed by atoms with Crippen LogP contribution in [0.5, 0.6) is 17.2 Å². The van der Waals surface area contributed by atoms with Gasteiger partial charge in [0, 0.05) is 38.6 Å². The number of amides is 1. The largest absolute Gasteiger partial charge is 0.493 e. The molecule has 0 radical (unpaired) electrons. The maximum absolute atomic E-state index is 12.7. The van der Waals surface area contributed by atoms with Gasteiger partial charge in [0.15, 0.2) is 11.5 Å². The van der Waals surface area contributed by atoms with Gasteiger partial charge in [-0.1, -0.05) is 0 Å². The fraction of sp³-hybridized carbons (Fsp3) is 0.650. The first-order valence-corrected chi connectivity index (χ1v) is 9.67. The highest BCUT2D eigenvalue weighted by molar-refractivity contribution is 5.85. The summed E-state index contributed by atoms with van der Waals surface area (Å²) in [6, 6.07) is 3.99. The van der Waals surface area contributed by atoms with E-state index in [1.807, 2.05) is 17.0 Å². The Balaban J connectivity index is 0.00000280. The molecule has 1 amide bonds. The Bertz CT molecular complexity index is 619. The summed E-state index contributed by atoms with van der Waals surface area (Å²) in [5, 5.41) is 3.33. The second kappa shape index (κ2) is 10.7. The molecule has 0 spiro atoms. The van der Waals surface area contributed by atoms with Crippen molar-refractivity contribution < 1.29 is 19.0 Å². The van der Waals surface area contributed by atoms with Crippen LogP contribution in [0, 0.1) is 5.92 Å². The lowest BCUT2D eigenvalue weighted by molar-refractivity contribution is -0.138. The molecule has 2 aliphatic rings. The van der Waals surface area contributed by atoms with Crippen molar-refractivity contribution in [2.75, 3.05) is 60.6 Å². The Morgan fingerprint density at radius 1 is 1.00 bits per heavy atom. The molecule has 1 N–H and O–H groups in total. The minimum Gasteiger partial charge on any atom is -0.493 e. The SMILES string of the molecule is COc1cc(CN2CCN(C(=O)C3CCNCC3)CC2)cc(OC)c1OC.Cl. The molecule has 0 bridgehead atoms. The lowest BCUT2D eigenvalue weighted by atomic mass is 9.96. The molecule has 7 nitrogen and oxygen atoms in total. The van der Waals surface area contributed by atoms with Gasteiger partial charge >= 0.3 is 0 Å². The highest BCUT2D eigenvalue weighted by Crippen LogP contribution is 2.38. The van der Waals surface area contributed by atoms with E-state index in [9.17, 15) is 4.79 Å². The number of methoxy groups -OCH3 is 3. The highest BCUT2D eigenvalue weighted by atomic mass is 35.5. The first-order valence-electron chi connectivity index (χ1n) is 9.67. The minimum atomic E-state index is 0. The van der Waals surface area contributed by atoms with Gasteiger partial charge < -0.3 is 24.4 Å². The average Bonchev–Trinajstić information content (AvgIpc) is 2.73. The van der Waals surface area contributed by atoms with Crippen LogP contribution in [0.25, 0.3) is 0 Å². The molecule has 0 atom stereocenters. The number of benzene rings is 1. The van der Waals surface area contributed by atoms with Gasteiger partial charge in [-0.25, -0.2) is 0 Å². The molecule has 2 saturated heterocycles. The summed E-state index contributed by atoms with van der Waals surface area (Å²) < 4.78 is 16.3. The van der Waals surface area contributed by atoms with Crippen LogP contribution in [0.2, 0.25) is 0 Å². The number of carbonyl (C=O) groups excluding carboxylic acids is 1. The molecule has 1 aromatic carbocycles. The van der Waals surface area contributed by atoms with Crippen LogP contribution >= 0.6 is 12.4 Å². The topological polar surface area (TPSA) is 63.3 Å². The maximum Gasteiger partial charge on any atom is 0.225 e. The van der Waals surface area contributed by atoms with Crippen LogP contribution in [0.3, 0.4) is 0 Å². The summed E-state index contributed by atoms with van der Waals surface area (Å²) >= 11 is 0. The zero-order chi connectivity index (χ0) is 19.2. The number of ether oxygens (including phenoxy) is 3. The standard InChI is InChI=1S/C20H31N3O4.ClH/c1-25-17-12-15(13-18(26-2)19(17)27-3)14-22-8-10-23(11-9-22)20(24)16-4-6-21-7-5-16;/h12-13,16,21H,4-11,14H2,1-3H3;1H. The third-order valence-electron chi connectivity index (χ3n) is 5.50. The van der Waals surface area contributed by atoms with Crippen molar-refractivity contribution in [1.82, 2.24) is 15.1 Å². The first-order chi connectivity index (χ1) is 13.2. The molecule has 0 saturated carbocycles. The van der Waals surface area contributed by atoms with Crippen LogP contribution in [0.4, 0.5) is 0 Å². The van der Waals surface area contributed by atoms with Gasteiger partial charge in [-0.3, -0.25) is 9.69 Å². The van der Waals surface area contributed by atoms with Crippen LogP contribution in [0.1, 0.15) is 18.4 Å². The lowest BCUT2D eigenvalue weighted by Crippen LogP contribution is -2.51. The maximum atomic E-state index is 12.7. The summed E-state index contributed by atoms with van der Waals surface area (Å²) in [5.41, 5.74) is 1.11. The number of halogens is 1. The third-order valence-corrected chi connectivity index (χ3v) is 5.50. The molecule has 3 rings (SSSR count). The zero-order valence-electron chi connectivity index (χ0n) is 17.0. The van der Waals surface area contributed by atoms with Gasteiger partial charge in [-0.2, -0.15) is 0 Å². The van der Waals surface area contributed by atoms with Crippen LogP contribution < -0.4 is 19.5 Å². The summed E-state index contributed by atoms with van der Waals surface area (Å²) in [5.74, 6) is 2.50. The van der Waals surface area contributed by atoms with Crippen molar-refractivity contribution in [3.63, 3.8) is 0 Å². The zero-order valence-corrected chi connectivity index (χ0v) is 17.8. The summed E-state index contributed by atoms with van der Waals surface area (Å²) in [6.07, 6.45) is 1.93. The van der Waals surface area contributed by atoms with E-state index in [0.29, 0.717) is 23.2 Å². The lowest BCUT2D eigenvalue weighted by Gasteiger charge is -2.37. The quantitative estimate of drug-likeness (QED) is 0.767. The van der Waals surface area contributed by atoms with Gasteiger partial charge in [0.25, 0.3) is 0 Å². The van der Waals surface area contributed by atoms with Gasteiger partial charge in [0.05, 0.1) is 21.3 Å². The highest BCUT2D eigenvalue weighted by Gasteiger charge is 2.28. The minimum absolute atomic E-state index is 0. The fourth-order valence-electron chi connectivity index (χ4n) is 3.94. The average molecular weight is 414 g/mol. The van der Waals surface area contributed by atoms with Gasteiger partial charge in [0.2, 0.25) is 11.7 Å². The Morgan fingerprint density at radius 3 is 2.07 bits per heavy atom. The Hall–Kier alpha value is -1.70. The van der Waals surface area contributed by atoms with Crippen molar-refractivity contribution >= 4 is 18.3 Å². The Morgan fingerprint density at radius 2 is 1.57 bits per heavy atom. The molecule has 2 aliphatic heterocycles. The molecular formula is C20H32ClN3O4. The molecule has 158 valence electrons. The predicted molar refractivity (Wildman–Crippen MR) is 111 cm³/mol. The van der Waals surface area contributed by atoms with Crippen molar-refractivity contribution in [3.05, 3.63) is 17.7 Å².